The summed E-state index contributed by atoms with van der Waals surface area (Å²) in [6, 6.07) is 15.0. The van der Waals surface area contributed by atoms with Gasteiger partial charge < -0.3 is 19.7 Å². The van der Waals surface area contributed by atoms with Crippen molar-refractivity contribution >= 4 is 29.9 Å². The van der Waals surface area contributed by atoms with Crippen molar-refractivity contribution in [2.45, 2.75) is 12.6 Å². The van der Waals surface area contributed by atoms with Crippen molar-refractivity contribution in [2.75, 3.05) is 54.1 Å². The van der Waals surface area contributed by atoms with Gasteiger partial charge in [-0.2, -0.15) is 0 Å². The number of nitrogens with one attached hydrogen (secondary N) is 1. The molecule has 31 heavy (non-hydrogen) atoms. The molecule has 0 radical (unpaired) electrons. The highest BCUT2D eigenvalue weighted by atomic mass is 127. The van der Waals surface area contributed by atoms with Crippen molar-refractivity contribution in [3.63, 3.8) is 0 Å². The van der Waals surface area contributed by atoms with Crippen molar-refractivity contribution in [2.24, 2.45) is 4.99 Å². The molecule has 2 aromatic carbocycles. The van der Waals surface area contributed by atoms with E-state index >= 15 is 0 Å². The molecule has 1 unspecified atom stereocenters. The molecule has 0 bridgehead atoms. The van der Waals surface area contributed by atoms with E-state index in [2.05, 4.69) is 27.3 Å². The first-order chi connectivity index (χ1) is 14.6. The summed E-state index contributed by atoms with van der Waals surface area (Å²) in [7, 11) is 5.40. The van der Waals surface area contributed by atoms with Crippen LogP contribution < -0.4 is 10.1 Å². The van der Waals surface area contributed by atoms with Crippen LogP contribution in [0, 0.1) is 5.82 Å². The Morgan fingerprint density at radius 2 is 1.94 bits per heavy atom. The number of ether oxygens (including phenoxy) is 2. The van der Waals surface area contributed by atoms with Gasteiger partial charge in [0.25, 0.3) is 0 Å². The maximum atomic E-state index is 13.5. The maximum Gasteiger partial charge on any atom is 0.193 e. The Hall–Kier alpha value is -1.91. The van der Waals surface area contributed by atoms with Crippen LogP contribution in [-0.4, -0.2) is 69.8 Å². The van der Waals surface area contributed by atoms with Crippen molar-refractivity contribution in [3.05, 3.63) is 65.5 Å². The molecule has 1 fully saturated rings. The average Bonchev–Trinajstić information content (AvgIpc) is 2.77. The molecule has 1 N–H and O–H groups in total. The fourth-order valence-corrected chi connectivity index (χ4v) is 3.73. The van der Waals surface area contributed by atoms with Crippen LogP contribution in [0.4, 0.5) is 4.39 Å². The molecule has 1 saturated heterocycles. The molecule has 6 nitrogen and oxygen atoms in total. The Morgan fingerprint density at radius 3 is 2.55 bits per heavy atom. The van der Waals surface area contributed by atoms with E-state index in [0.717, 1.165) is 43.6 Å². The third-order valence-electron chi connectivity index (χ3n) is 5.32. The van der Waals surface area contributed by atoms with Crippen LogP contribution in [0.5, 0.6) is 5.75 Å². The molecule has 1 atom stereocenters. The van der Waals surface area contributed by atoms with Gasteiger partial charge in [0.2, 0.25) is 0 Å². The van der Waals surface area contributed by atoms with Gasteiger partial charge in [0.1, 0.15) is 11.6 Å². The van der Waals surface area contributed by atoms with E-state index < -0.39 is 0 Å². The second kappa shape index (κ2) is 12.8. The third-order valence-corrected chi connectivity index (χ3v) is 5.32. The van der Waals surface area contributed by atoms with Crippen LogP contribution in [0.1, 0.15) is 17.2 Å². The van der Waals surface area contributed by atoms with E-state index in [0.29, 0.717) is 13.1 Å². The highest BCUT2D eigenvalue weighted by molar-refractivity contribution is 14.0. The number of rotatable bonds is 7. The number of morpholine rings is 1. The molecule has 0 spiro atoms. The van der Waals surface area contributed by atoms with E-state index in [-0.39, 0.29) is 35.8 Å². The van der Waals surface area contributed by atoms with Gasteiger partial charge in [-0.1, -0.05) is 24.3 Å². The number of hydrogen-bond acceptors (Lipinski definition) is 4. The van der Waals surface area contributed by atoms with Gasteiger partial charge in [0.15, 0.2) is 5.96 Å². The van der Waals surface area contributed by atoms with Gasteiger partial charge in [-0.3, -0.25) is 9.89 Å². The second-order valence-electron chi connectivity index (χ2n) is 7.35. The number of halogens is 2. The second-order valence-corrected chi connectivity index (χ2v) is 7.35. The maximum absolute atomic E-state index is 13.5. The van der Waals surface area contributed by atoms with Crippen LogP contribution in [0.25, 0.3) is 0 Å². The Kier molecular flexibility index (Phi) is 10.5. The minimum absolute atomic E-state index is 0. The Labute approximate surface area is 201 Å². The molecule has 3 rings (SSSR count). The lowest BCUT2D eigenvalue weighted by Gasteiger charge is -2.35. The van der Waals surface area contributed by atoms with Crippen LogP contribution >= 0.6 is 24.0 Å². The monoisotopic (exact) mass is 542 g/mol. The number of methoxy groups -OCH3 is 1. The summed E-state index contributed by atoms with van der Waals surface area (Å²) >= 11 is 0. The van der Waals surface area contributed by atoms with Crippen molar-refractivity contribution < 1.29 is 13.9 Å². The zero-order valence-electron chi connectivity index (χ0n) is 18.4. The molecule has 0 aromatic heterocycles. The fraction of sp³-hybridized carbons (Fsp3) is 0.435. The van der Waals surface area contributed by atoms with Crippen molar-refractivity contribution in [1.29, 1.82) is 0 Å². The molecule has 0 aliphatic carbocycles. The highest BCUT2D eigenvalue weighted by Crippen LogP contribution is 2.23. The number of hydrogen-bond donors (Lipinski definition) is 1. The lowest BCUT2D eigenvalue weighted by Crippen LogP contribution is -2.46. The lowest BCUT2D eigenvalue weighted by molar-refractivity contribution is 0.0169. The zero-order chi connectivity index (χ0) is 21.3. The molecule has 0 amide bonds. The predicted molar refractivity (Wildman–Crippen MR) is 133 cm³/mol. The average molecular weight is 542 g/mol. The molecular weight excluding hydrogens is 510 g/mol. The molecule has 1 aliphatic heterocycles. The summed E-state index contributed by atoms with van der Waals surface area (Å²) < 4.78 is 24.4. The van der Waals surface area contributed by atoms with E-state index in [1.807, 2.05) is 30.1 Å². The summed E-state index contributed by atoms with van der Waals surface area (Å²) in [5, 5.41) is 3.50. The van der Waals surface area contributed by atoms with E-state index in [1.54, 1.807) is 26.3 Å². The Morgan fingerprint density at radius 1 is 1.23 bits per heavy atom. The van der Waals surface area contributed by atoms with Crippen LogP contribution in [-0.2, 0) is 11.3 Å². The summed E-state index contributed by atoms with van der Waals surface area (Å²) in [5.74, 6) is 1.39. The van der Waals surface area contributed by atoms with Crippen LogP contribution in [0.2, 0.25) is 0 Å². The summed E-state index contributed by atoms with van der Waals surface area (Å²) in [6.45, 7) is 4.52. The predicted octanol–water partition coefficient (Wildman–Crippen LogP) is 3.53. The van der Waals surface area contributed by atoms with Gasteiger partial charge in [-0.15, -0.1) is 24.0 Å². The normalized spacial score (nSPS) is 15.7. The fourth-order valence-electron chi connectivity index (χ4n) is 3.73. The highest BCUT2D eigenvalue weighted by Gasteiger charge is 2.23. The molecule has 170 valence electrons. The SMILES string of the molecule is CN=C(NCC(c1ccc(OC)cc1)N1CCOCC1)N(C)Cc1cccc(F)c1.I. The summed E-state index contributed by atoms with van der Waals surface area (Å²) in [4.78, 5) is 8.85. The first kappa shape index (κ1) is 25.4. The Bertz CT molecular complexity index is 829. The van der Waals surface area contributed by atoms with E-state index in [9.17, 15) is 4.39 Å². The number of nitrogens with zero attached hydrogens (tertiary/aromatic N) is 3. The van der Waals surface area contributed by atoms with Crippen molar-refractivity contribution in [1.82, 2.24) is 15.1 Å². The topological polar surface area (TPSA) is 49.3 Å². The molecular formula is C23H32FIN4O2. The number of aliphatic imine (C=N–C) groups is 1. The molecule has 1 aliphatic rings. The smallest absolute Gasteiger partial charge is 0.193 e. The minimum Gasteiger partial charge on any atom is -0.497 e. The zero-order valence-corrected chi connectivity index (χ0v) is 20.7. The molecule has 1 heterocycles. The Balaban J connectivity index is 0.00000341. The van der Waals surface area contributed by atoms with Crippen LogP contribution in [0.3, 0.4) is 0 Å². The molecule has 8 heteroatoms. The van der Waals surface area contributed by atoms with E-state index in [1.165, 1.54) is 11.6 Å². The number of guanidine groups is 1. The largest absolute Gasteiger partial charge is 0.497 e. The van der Waals surface area contributed by atoms with Crippen molar-refractivity contribution in [3.8, 4) is 5.75 Å². The first-order valence-electron chi connectivity index (χ1n) is 10.2. The van der Waals surface area contributed by atoms with Gasteiger partial charge in [0, 0.05) is 40.3 Å². The number of benzene rings is 2. The molecule has 0 saturated carbocycles. The summed E-state index contributed by atoms with van der Waals surface area (Å²) in [6.07, 6.45) is 0. The minimum atomic E-state index is -0.226. The quantitative estimate of drug-likeness (QED) is 0.330. The van der Waals surface area contributed by atoms with Gasteiger partial charge in [0.05, 0.1) is 26.4 Å². The lowest BCUT2D eigenvalue weighted by atomic mass is 10.0. The first-order valence-corrected chi connectivity index (χ1v) is 10.2. The van der Waals surface area contributed by atoms with Gasteiger partial charge in [-0.05, 0) is 35.4 Å². The van der Waals surface area contributed by atoms with Gasteiger partial charge >= 0.3 is 0 Å². The van der Waals surface area contributed by atoms with Gasteiger partial charge in [-0.25, -0.2) is 4.39 Å². The molecule has 2 aromatic rings. The third kappa shape index (κ3) is 7.33. The van der Waals surface area contributed by atoms with E-state index in [4.69, 9.17) is 9.47 Å². The standard InChI is InChI=1S/C23H31FN4O2.HI/c1-25-23(27(2)17-18-5-4-6-20(24)15-18)26-16-22(28-11-13-30-14-12-28)19-7-9-21(29-3)10-8-19;/h4-10,15,22H,11-14,16-17H2,1-3H3,(H,25,26);1H. The summed E-state index contributed by atoms with van der Waals surface area (Å²) in [5.41, 5.74) is 2.12. The van der Waals surface area contributed by atoms with Crippen LogP contribution in [0.15, 0.2) is 53.5 Å².